The third-order valence-electron chi connectivity index (χ3n) is 6.91. The lowest BCUT2D eigenvalue weighted by Gasteiger charge is -2.25. The van der Waals surface area contributed by atoms with E-state index in [-0.39, 0.29) is 62.5 Å². The van der Waals surface area contributed by atoms with Gasteiger partial charge in [-0.05, 0) is 49.3 Å². The standard InChI is InChI=1S/C29H41BN6O8/c1-18(2)25(35-22(37)8-4-3-5-16-36-23(38)13-14-24(36)39)27(41)34-21(7-6-15-32-29(31)43)26(40)33-20-11-9-19(10-12-20)17-44-28(30)42/h9-12,18,21,25H,3-8,13-17H2,1-2H3,(H,33,40)(H,34,41)(H,35,37)(H3,31,32,43). The molecule has 1 aliphatic heterocycles. The van der Waals surface area contributed by atoms with E-state index in [0.29, 0.717) is 43.5 Å². The third kappa shape index (κ3) is 12.8. The fraction of sp³-hybridized carbons (Fsp3) is 0.552. The van der Waals surface area contributed by atoms with Crippen LogP contribution in [0.5, 0.6) is 0 Å². The van der Waals surface area contributed by atoms with E-state index >= 15 is 0 Å². The summed E-state index contributed by atoms with van der Waals surface area (Å²) in [6.45, 7) is 4.03. The Hall–Kier alpha value is -4.43. The predicted octanol–water partition coefficient (Wildman–Crippen LogP) is 1.21. The fourth-order valence-corrected chi connectivity index (χ4v) is 4.50. The number of rotatable bonds is 18. The minimum absolute atomic E-state index is 0.0297. The molecule has 2 rings (SSSR count). The number of benzene rings is 1. The number of nitrogens with zero attached hydrogens (tertiary/aromatic N) is 1. The maximum atomic E-state index is 13.3. The van der Waals surface area contributed by atoms with Crippen molar-refractivity contribution in [1.29, 1.82) is 0 Å². The van der Waals surface area contributed by atoms with E-state index in [2.05, 4.69) is 21.3 Å². The maximum Gasteiger partial charge on any atom is 0.312 e. The van der Waals surface area contributed by atoms with Crippen LogP contribution in [0.1, 0.15) is 70.8 Å². The number of anilines is 1. The van der Waals surface area contributed by atoms with Crippen LogP contribution in [0.4, 0.5) is 15.3 Å². The summed E-state index contributed by atoms with van der Waals surface area (Å²) in [6.07, 6.45) is 2.88. The molecule has 15 heteroatoms. The molecule has 0 saturated carbocycles. The van der Waals surface area contributed by atoms with Crippen molar-refractivity contribution in [2.75, 3.05) is 18.4 Å². The minimum Gasteiger partial charge on any atom is -0.470 e. The molecule has 238 valence electrons. The third-order valence-corrected chi connectivity index (χ3v) is 6.91. The summed E-state index contributed by atoms with van der Waals surface area (Å²) in [7, 11) is 4.98. The molecule has 2 radical (unpaired) electrons. The van der Waals surface area contributed by atoms with Gasteiger partial charge in [-0.25, -0.2) is 4.79 Å². The molecule has 1 aromatic carbocycles. The number of hydrogen-bond acceptors (Lipinski definition) is 8. The number of carbonyl (C=O) groups is 7. The highest BCUT2D eigenvalue weighted by molar-refractivity contribution is 6.55. The Balaban J connectivity index is 1.94. The second-order valence-electron chi connectivity index (χ2n) is 10.8. The zero-order chi connectivity index (χ0) is 32.6. The molecular formula is C29H41BN6O8. The molecule has 2 atom stereocenters. The number of likely N-dealkylation sites (tertiary alicyclic amines) is 1. The van der Waals surface area contributed by atoms with Crippen LogP contribution < -0.4 is 27.0 Å². The Morgan fingerprint density at radius 2 is 1.59 bits per heavy atom. The van der Waals surface area contributed by atoms with Crippen molar-refractivity contribution in [1.82, 2.24) is 20.9 Å². The number of ether oxygens (including phenoxy) is 1. The first-order chi connectivity index (χ1) is 20.9. The quantitative estimate of drug-likeness (QED) is 0.0923. The number of hydrogen-bond donors (Lipinski definition) is 5. The summed E-state index contributed by atoms with van der Waals surface area (Å²) in [6, 6.07) is 3.86. The van der Waals surface area contributed by atoms with Crippen molar-refractivity contribution >= 4 is 55.0 Å². The summed E-state index contributed by atoms with van der Waals surface area (Å²) in [4.78, 5) is 85.6. The second-order valence-corrected chi connectivity index (χ2v) is 10.8. The highest BCUT2D eigenvalue weighted by Crippen LogP contribution is 2.15. The topological polar surface area (TPSA) is 206 Å². The molecule has 14 nitrogen and oxygen atoms in total. The molecule has 44 heavy (non-hydrogen) atoms. The first kappa shape index (κ1) is 35.8. The van der Waals surface area contributed by atoms with Gasteiger partial charge in [0, 0.05) is 38.0 Å². The molecular weight excluding hydrogens is 571 g/mol. The molecule has 1 fully saturated rings. The van der Waals surface area contributed by atoms with E-state index in [9.17, 15) is 33.6 Å². The van der Waals surface area contributed by atoms with Gasteiger partial charge >= 0.3 is 6.03 Å². The number of nitrogens with two attached hydrogens (primary N) is 1. The number of imide groups is 1. The van der Waals surface area contributed by atoms with E-state index in [1.54, 1.807) is 38.1 Å². The number of unbranched alkanes of at least 4 members (excludes halogenated alkanes) is 2. The smallest absolute Gasteiger partial charge is 0.312 e. The van der Waals surface area contributed by atoms with Crippen LogP contribution in [0, 0.1) is 5.92 Å². The Morgan fingerprint density at radius 1 is 0.932 bits per heavy atom. The second kappa shape index (κ2) is 18.3. The van der Waals surface area contributed by atoms with Crippen LogP contribution in [0.2, 0.25) is 0 Å². The maximum absolute atomic E-state index is 13.3. The lowest BCUT2D eigenvalue weighted by atomic mass is 10.0. The van der Waals surface area contributed by atoms with E-state index < -0.39 is 35.8 Å². The molecule has 1 aliphatic rings. The summed E-state index contributed by atoms with van der Waals surface area (Å²) >= 11 is 0. The van der Waals surface area contributed by atoms with Crippen molar-refractivity contribution in [2.45, 2.75) is 83.9 Å². The van der Waals surface area contributed by atoms with Gasteiger partial charge in [0.2, 0.25) is 43.3 Å². The highest BCUT2D eigenvalue weighted by atomic mass is 16.5. The van der Waals surface area contributed by atoms with Crippen molar-refractivity contribution in [2.24, 2.45) is 11.7 Å². The molecule has 6 N–H and O–H groups in total. The average Bonchev–Trinajstić information content (AvgIpc) is 3.28. The number of nitrogens with one attached hydrogen (secondary N) is 4. The molecule has 0 bridgehead atoms. The summed E-state index contributed by atoms with van der Waals surface area (Å²) in [5.74, 6) is -2.92. The monoisotopic (exact) mass is 612 g/mol. The van der Waals surface area contributed by atoms with Crippen molar-refractivity contribution < 1.29 is 38.3 Å². The van der Waals surface area contributed by atoms with Crippen LogP contribution in [0.3, 0.4) is 0 Å². The predicted molar refractivity (Wildman–Crippen MR) is 161 cm³/mol. The van der Waals surface area contributed by atoms with Crippen molar-refractivity contribution in [3.63, 3.8) is 0 Å². The van der Waals surface area contributed by atoms with Crippen LogP contribution in [-0.2, 0) is 35.3 Å². The van der Waals surface area contributed by atoms with Gasteiger partial charge < -0.3 is 31.7 Å². The zero-order valence-electron chi connectivity index (χ0n) is 25.2. The van der Waals surface area contributed by atoms with Gasteiger partial charge in [0.25, 0.3) is 0 Å². The Kier molecular flexibility index (Phi) is 14.9. The van der Waals surface area contributed by atoms with Gasteiger partial charge in [0.1, 0.15) is 18.7 Å². The normalized spacial score (nSPS) is 14.1. The largest absolute Gasteiger partial charge is 0.470 e. The molecule has 0 aliphatic carbocycles. The lowest BCUT2D eigenvalue weighted by molar-refractivity contribution is -0.138. The summed E-state index contributed by atoms with van der Waals surface area (Å²) in [5, 5.41) is 10.6. The van der Waals surface area contributed by atoms with Crippen LogP contribution in [0.15, 0.2) is 24.3 Å². The summed E-state index contributed by atoms with van der Waals surface area (Å²) < 4.78 is 4.74. The van der Waals surface area contributed by atoms with Gasteiger partial charge in [-0.15, -0.1) is 0 Å². The van der Waals surface area contributed by atoms with Crippen LogP contribution in [0.25, 0.3) is 0 Å². The van der Waals surface area contributed by atoms with E-state index in [0.717, 1.165) is 0 Å². The van der Waals surface area contributed by atoms with E-state index in [1.807, 2.05) is 0 Å². The van der Waals surface area contributed by atoms with Gasteiger partial charge in [-0.3, -0.25) is 33.7 Å². The van der Waals surface area contributed by atoms with Crippen molar-refractivity contribution in [3.05, 3.63) is 29.8 Å². The highest BCUT2D eigenvalue weighted by Gasteiger charge is 2.29. The number of primary amides is 1. The first-order valence-corrected chi connectivity index (χ1v) is 14.7. The van der Waals surface area contributed by atoms with Crippen LogP contribution in [-0.4, -0.2) is 79.4 Å². The van der Waals surface area contributed by atoms with E-state index in [1.165, 1.54) is 4.90 Å². The molecule has 0 aromatic heterocycles. The van der Waals surface area contributed by atoms with Crippen LogP contribution >= 0.6 is 0 Å². The number of amides is 7. The van der Waals surface area contributed by atoms with Gasteiger partial charge in [0.15, 0.2) is 0 Å². The van der Waals surface area contributed by atoms with E-state index in [4.69, 9.17) is 18.3 Å². The summed E-state index contributed by atoms with van der Waals surface area (Å²) in [5.41, 5.74) is 6.19. The molecule has 1 aromatic rings. The fourth-order valence-electron chi connectivity index (χ4n) is 4.50. The lowest BCUT2D eigenvalue weighted by Crippen LogP contribution is -2.54. The van der Waals surface area contributed by atoms with Gasteiger partial charge in [-0.2, -0.15) is 0 Å². The molecule has 2 unspecified atom stereocenters. The Morgan fingerprint density at radius 3 is 2.18 bits per heavy atom. The Labute approximate surface area is 258 Å². The van der Waals surface area contributed by atoms with Crippen molar-refractivity contribution in [3.8, 4) is 0 Å². The van der Waals surface area contributed by atoms with Gasteiger partial charge in [-0.1, -0.05) is 32.4 Å². The molecule has 1 saturated heterocycles. The van der Waals surface area contributed by atoms with Gasteiger partial charge in [0.05, 0.1) is 0 Å². The first-order valence-electron chi connectivity index (χ1n) is 14.7. The number of urea groups is 1. The zero-order valence-corrected chi connectivity index (χ0v) is 25.2. The SMILES string of the molecule is [B]C(=O)OCc1ccc(NC(=O)C(CCCNC(N)=O)NC(=O)C(NC(=O)CCCCCN2C(=O)CCC2=O)C(C)C)cc1. The molecule has 7 amide bonds. The minimum atomic E-state index is -0.996. The number of carbonyl (C=O) groups excluding carboxylic acids is 7. The average molecular weight is 612 g/mol. The molecule has 0 spiro atoms. The molecule has 1 heterocycles. The Bertz CT molecular complexity index is 1180.